The lowest BCUT2D eigenvalue weighted by Gasteiger charge is -2.35. The predicted octanol–water partition coefficient (Wildman–Crippen LogP) is 2.84. The van der Waals surface area contributed by atoms with Gasteiger partial charge in [0.05, 0.1) is 22.8 Å². The van der Waals surface area contributed by atoms with Gasteiger partial charge in [-0.15, -0.1) is 0 Å². The van der Waals surface area contributed by atoms with Gasteiger partial charge >= 0.3 is 6.18 Å². The van der Waals surface area contributed by atoms with E-state index in [0.29, 0.717) is 5.56 Å². The molecule has 8 nitrogen and oxygen atoms in total. The van der Waals surface area contributed by atoms with E-state index in [4.69, 9.17) is 9.88 Å². The van der Waals surface area contributed by atoms with E-state index < -0.39 is 43.4 Å². The minimum atomic E-state index is -4.46. The van der Waals surface area contributed by atoms with E-state index in [1.807, 2.05) is 0 Å². The minimum absolute atomic E-state index is 0.131. The molecule has 1 aliphatic heterocycles. The van der Waals surface area contributed by atoms with Gasteiger partial charge in [-0.25, -0.2) is 13.6 Å². The number of nitrogens with two attached hydrogens (primary N) is 1. The Labute approximate surface area is 163 Å². The van der Waals surface area contributed by atoms with Crippen LogP contribution in [-0.4, -0.2) is 33.0 Å². The molecule has 1 saturated heterocycles. The molecule has 1 fully saturated rings. The van der Waals surface area contributed by atoms with E-state index in [2.05, 4.69) is 0 Å². The molecular formula is C17H16F3N3O5S. The van der Waals surface area contributed by atoms with Crippen molar-refractivity contribution < 1.29 is 31.2 Å². The van der Waals surface area contributed by atoms with Gasteiger partial charge in [-0.05, 0) is 23.8 Å². The van der Waals surface area contributed by atoms with E-state index in [9.17, 15) is 31.7 Å². The zero-order valence-electron chi connectivity index (χ0n) is 14.8. The quantitative estimate of drug-likeness (QED) is 0.588. The molecule has 0 bridgehead atoms. The van der Waals surface area contributed by atoms with Crippen LogP contribution in [0.1, 0.15) is 17.2 Å². The Morgan fingerprint density at radius 3 is 2.38 bits per heavy atom. The first-order valence-corrected chi connectivity index (χ1v) is 9.86. The molecule has 2 N–H and O–H groups in total. The molecule has 2 aromatic rings. The van der Waals surface area contributed by atoms with Crippen LogP contribution in [-0.2, 0) is 20.9 Å². The summed E-state index contributed by atoms with van der Waals surface area (Å²) in [6, 6.07) is 7.81. The largest absolute Gasteiger partial charge is 0.416 e. The van der Waals surface area contributed by atoms with Gasteiger partial charge in [-0.2, -0.15) is 13.2 Å². The van der Waals surface area contributed by atoms with Gasteiger partial charge < -0.3 is 9.64 Å². The lowest BCUT2D eigenvalue weighted by Crippen LogP contribution is -2.39. The highest BCUT2D eigenvalue weighted by atomic mass is 32.2. The van der Waals surface area contributed by atoms with Gasteiger partial charge in [-0.3, -0.25) is 10.1 Å². The van der Waals surface area contributed by atoms with Crippen LogP contribution in [0, 0.1) is 10.1 Å². The number of nitro benzene ring substituents is 1. The Hall–Kier alpha value is -2.70. The number of halogens is 3. The molecule has 29 heavy (non-hydrogen) atoms. The van der Waals surface area contributed by atoms with Crippen molar-refractivity contribution in [2.24, 2.45) is 5.14 Å². The second kappa shape index (κ2) is 7.61. The molecule has 156 valence electrons. The fraction of sp³-hybridized carbons (Fsp3) is 0.294. The molecule has 0 saturated carbocycles. The summed E-state index contributed by atoms with van der Waals surface area (Å²) in [7, 11) is -4.25. The topological polar surface area (TPSA) is 116 Å². The van der Waals surface area contributed by atoms with Crippen LogP contribution in [0.25, 0.3) is 0 Å². The zero-order chi connectivity index (χ0) is 21.4. The van der Waals surface area contributed by atoms with E-state index in [0.717, 1.165) is 24.3 Å². The molecule has 1 heterocycles. The number of ether oxygens (including phenoxy) is 1. The summed E-state index contributed by atoms with van der Waals surface area (Å²) in [5.41, 5.74) is -0.564. The lowest BCUT2D eigenvalue weighted by atomic mass is 10.0. The fourth-order valence-corrected chi connectivity index (χ4v) is 3.84. The van der Waals surface area contributed by atoms with E-state index >= 15 is 0 Å². The molecule has 0 spiro atoms. The smallest absolute Gasteiger partial charge is 0.370 e. The maximum Gasteiger partial charge on any atom is 0.416 e. The Morgan fingerprint density at radius 2 is 1.83 bits per heavy atom. The summed E-state index contributed by atoms with van der Waals surface area (Å²) >= 11 is 0. The maximum absolute atomic E-state index is 12.7. The van der Waals surface area contributed by atoms with Crippen molar-refractivity contribution in [3.05, 3.63) is 63.7 Å². The van der Waals surface area contributed by atoms with Crippen LogP contribution in [0.5, 0.6) is 0 Å². The molecular weight excluding hydrogens is 415 g/mol. The fourth-order valence-electron chi connectivity index (χ4n) is 3.06. The normalized spacial score (nSPS) is 17.9. The SMILES string of the molecule is NS(=O)(=O)c1cc([N+](=O)[O-])ccc1N1CCOC(c2ccc(C(F)(F)F)cc2)C1. The average Bonchev–Trinajstić information content (AvgIpc) is 2.66. The number of primary sulfonamides is 1. The number of alkyl halides is 3. The second-order valence-corrected chi connectivity index (χ2v) is 7.91. The van der Waals surface area contributed by atoms with Crippen LogP contribution < -0.4 is 10.0 Å². The monoisotopic (exact) mass is 431 g/mol. The van der Waals surface area contributed by atoms with Crippen molar-refractivity contribution in [1.82, 2.24) is 0 Å². The van der Waals surface area contributed by atoms with Gasteiger partial charge in [0, 0.05) is 25.2 Å². The molecule has 0 aliphatic carbocycles. The Balaban J connectivity index is 1.90. The molecule has 0 aromatic heterocycles. The summed E-state index contributed by atoms with van der Waals surface area (Å²) in [5, 5.41) is 16.2. The average molecular weight is 431 g/mol. The molecule has 1 unspecified atom stereocenters. The highest BCUT2D eigenvalue weighted by molar-refractivity contribution is 7.89. The Bertz CT molecular complexity index is 1030. The highest BCUT2D eigenvalue weighted by Gasteiger charge is 2.31. The third-order valence-corrected chi connectivity index (χ3v) is 5.42. The van der Waals surface area contributed by atoms with Crippen LogP contribution in [0.4, 0.5) is 24.5 Å². The minimum Gasteiger partial charge on any atom is -0.370 e. The Morgan fingerprint density at radius 1 is 1.17 bits per heavy atom. The van der Waals surface area contributed by atoms with Crippen molar-refractivity contribution in [3.63, 3.8) is 0 Å². The van der Waals surface area contributed by atoms with Crippen molar-refractivity contribution >= 4 is 21.4 Å². The van der Waals surface area contributed by atoms with Crippen LogP contribution in [0.2, 0.25) is 0 Å². The van der Waals surface area contributed by atoms with E-state index in [1.165, 1.54) is 18.2 Å². The van der Waals surface area contributed by atoms with E-state index in [-0.39, 0.29) is 25.4 Å². The standard InChI is InChI=1S/C17H16F3N3O5S/c18-17(19,20)12-3-1-11(2-4-12)15-10-22(7-8-28-15)14-6-5-13(23(24)25)9-16(14)29(21,26)27/h1-6,9,15H,7-8,10H2,(H2,21,26,27). The number of morpholine rings is 1. The van der Waals surface area contributed by atoms with Crippen molar-refractivity contribution in [3.8, 4) is 0 Å². The van der Waals surface area contributed by atoms with Crippen LogP contribution in [0.15, 0.2) is 47.4 Å². The summed E-state index contributed by atoms with van der Waals surface area (Å²) < 4.78 is 67.7. The molecule has 1 aliphatic rings. The van der Waals surface area contributed by atoms with Crippen molar-refractivity contribution in [2.75, 3.05) is 24.6 Å². The van der Waals surface area contributed by atoms with Crippen molar-refractivity contribution in [2.45, 2.75) is 17.2 Å². The maximum atomic E-state index is 12.7. The van der Waals surface area contributed by atoms with Crippen LogP contribution >= 0.6 is 0 Å². The zero-order valence-corrected chi connectivity index (χ0v) is 15.6. The summed E-state index contributed by atoms with van der Waals surface area (Å²) in [4.78, 5) is 11.4. The number of non-ortho nitro benzene ring substituents is 1. The summed E-state index contributed by atoms with van der Waals surface area (Å²) in [6.45, 7) is 0.579. The highest BCUT2D eigenvalue weighted by Crippen LogP contribution is 2.34. The Kier molecular flexibility index (Phi) is 5.52. The number of benzene rings is 2. The van der Waals surface area contributed by atoms with E-state index in [1.54, 1.807) is 4.90 Å². The number of hydrogen-bond donors (Lipinski definition) is 1. The molecule has 0 radical (unpaired) electrons. The first kappa shape index (κ1) is 21.0. The number of anilines is 1. The summed E-state index contributed by atoms with van der Waals surface area (Å²) in [5.74, 6) is 0. The lowest BCUT2D eigenvalue weighted by molar-refractivity contribution is -0.385. The molecule has 12 heteroatoms. The van der Waals surface area contributed by atoms with Gasteiger partial charge in [0.15, 0.2) is 0 Å². The second-order valence-electron chi connectivity index (χ2n) is 6.38. The first-order valence-electron chi connectivity index (χ1n) is 8.32. The van der Waals surface area contributed by atoms with Crippen LogP contribution in [0.3, 0.4) is 0 Å². The third-order valence-electron chi connectivity index (χ3n) is 4.48. The van der Waals surface area contributed by atoms with Gasteiger partial charge in [0.25, 0.3) is 5.69 Å². The van der Waals surface area contributed by atoms with Gasteiger partial charge in [0.1, 0.15) is 11.0 Å². The number of sulfonamides is 1. The number of hydrogen-bond acceptors (Lipinski definition) is 6. The predicted molar refractivity (Wildman–Crippen MR) is 96.8 cm³/mol. The molecule has 0 amide bonds. The molecule has 1 atom stereocenters. The number of rotatable bonds is 4. The molecule has 2 aromatic carbocycles. The molecule has 3 rings (SSSR count). The first-order chi connectivity index (χ1) is 13.5. The van der Waals surface area contributed by atoms with Gasteiger partial charge in [-0.1, -0.05) is 12.1 Å². The third kappa shape index (κ3) is 4.66. The van der Waals surface area contributed by atoms with Gasteiger partial charge in [0.2, 0.25) is 10.0 Å². The number of nitrogens with zero attached hydrogens (tertiary/aromatic N) is 2. The number of nitro groups is 1. The summed E-state index contributed by atoms with van der Waals surface area (Å²) in [6.07, 6.45) is -5.07. The van der Waals surface area contributed by atoms with Crippen molar-refractivity contribution in [1.29, 1.82) is 0 Å².